The van der Waals surface area contributed by atoms with Gasteiger partial charge in [0, 0.05) is 31.8 Å². The van der Waals surface area contributed by atoms with Gasteiger partial charge in [0.2, 0.25) is 23.6 Å². The normalized spacial score (nSPS) is 17.5. The summed E-state index contributed by atoms with van der Waals surface area (Å²) in [5.74, 6) is -0.965. The summed E-state index contributed by atoms with van der Waals surface area (Å²) in [7, 11) is 0. The molecule has 0 spiro atoms. The highest BCUT2D eigenvalue weighted by atomic mass is 35.5. The number of aromatic nitrogens is 1. The third-order valence-corrected chi connectivity index (χ3v) is 10.8. The van der Waals surface area contributed by atoms with Crippen LogP contribution in [0.25, 0.3) is 10.4 Å². The van der Waals surface area contributed by atoms with E-state index in [2.05, 4.69) is 15.6 Å². The number of halogens is 1. The Hall–Kier alpha value is -4.04. The number of amides is 4. The number of aliphatic hydroxyl groups is 1. The lowest BCUT2D eigenvalue weighted by Crippen LogP contribution is -2.57. The van der Waals surface area contributed by atoms with Crippen molar-refractivity contribution in [2.45, 2.75) is 110 Å². The third kappa shape index (κ3) is 11.7. The number of nitrogens with zero attached hydrogens (tertiary/aromatic N) is 2. The highest BCUT2D eigenvalue weighted by molar-refractivity contribution is 7.13. The number of nitrogens with two attached hydrogens (primary N) is 2. The number of likely N-dealkylation sites (tertiary alicyclic amines) is 1. The number of β-amino-alcohol motifs (C(OH)–C–C–N with tert-alkyl or cyclic N) is 1. The number of primary amides is 1. The minimum atomic E-state index is -0.909. The zero-order valence-corrected chi connectivity index (χ0v) is 32.8. The summed E-state index contributed by atoms with van der Waals surface area (Å²) in [4.78, 5) is 58.6. The topological polar surface area (TPSA) is 190 Å². The monoisotopic (exact) mass is 768 g/mol. The first kappa shape index (κ1) is 41.7. The van der Waals surface area contributed by atoms with Gasteiger partial charge in [-0.3, -0.25) is 19.2 Å². The van der Waals surface area contributed by atoms with E-state index in [1.807, 2.05) is 76.5 Å². The number of aryl methyl sites for hydroxylation is 2. The zero-order valence-electron chi connectivity index (χ0n) is 31.2. The summed E-state index contributed by atoms with van der Waals surface area (Å²) in [6.07, 6.45) is 1.84. The lowest BCUT2D eigenvalue weighted by atomic mass is 9.85. The van der Waals surface area contributed by atoms with E-state index >= 15 is 0 Å². The van der Waals surface area contributed by atoms with Crippen molar-refractivity contribution in [3.63, 3.8) is 0 Å². The molecule has 1 saturated heterocycles. The number of benzene rings is 2. The quantitative estimate of drug-likeness (QED) is 0.121. The summed E-state index contributed by atoms with van der Waals surface area (Å²) in [6.45, 7) is 9.62. The van der Waals surface area contributed by atoms with Crippen LogP contribution in [0.5, 0.6) is 5.75 Å². The van der Waals surface area contributed by atoms with Gasteiger partial charge in [0.1, 0.15) is 24.4 Å². The molecule has 7 N–H and O–H groups in total. The van der Waals surface area contributed by atoms with Gasteiger partial charge in [-0.05, 0) is 67.7 Å². The van der Waals surface area contributed by atoms with Gasteiger partial charge in [-0.1, -0.05) is 68.8 Å². The van der Waals surface area contributed by atoms with Crippen LogP contribution in [0, 0.1) is 12.3 Å². The summed E-state index contributed by atoms with van der Waals surface area (Å²) in [5.41, 5.74) is 16.1. The van der Waals surface area contributed by atoms with Crippen LogP contribution < -0.4 is 26.8 Å². The molecule has 5 atom stereocenters. The number of aliphatic hydroxyl groups excluding tert-OH is 1. The average molecular weight is 769 g/mol. The van der Waals surface area contributed by atoms with Crippen LogP contribution >= 0.6 is 22.9 Å². The number of rotatable bonds is 17. The molecule has 0 aliphatic carbocycles. The largest absolute Gasteiger partial charge is 0.490 e. The van der Waals surface area contributed by atoms with Gasteiger partial charge in [0.15, 0.2) is 0 Å². The van der Waals surface area contributed by atoms with Gasteiger partial charge in [0.25, 0.3) is 0 Å². The van der Waals surface area contributed by atoms with Crippen molar-refractivity contribution in [3.05, 3.63) is 69.8 Å². The molecule has 53 heavy (non-hydrogen) atoms. The molecule has 1 aromatic heterocycles. The molecule has 2 aromatic carbocycles. The van der Waals surface area contributed by atoms with Gasteiger partial charge < -0.3 is 36.8 Å². The second kappa shape index (κ2) is 18.8. The van der Waals surface area contributed by atoms with Gasteiger partial charge in [-0.2, -0.15) is 0 Å². The molecule has 0 saturated carbocycles. The molecule has 2 heterocycles. The lowest BCUT2D eigenvalue weighted by molar-refractivity contribution is -0.144. The van der Waals surface area contributed by atoms with Crippen molar-refractivity contribution in [1.82, 2.24) is 20.5 Å². The average Bonchev–Trinajstić information content (AvgIpc) is 3.72. The Morgan fingerprint density at radius 2 is 1.81 bits per heavy atom. The van der Waals surface area contributed by atoms with Crippen LogP contribution in [0.3, 0.4) is 0 Å². The van der Waals surface area contributed by atoms with Crippen molar-refractivity contribution in [1.29, 1.82) is 0 Å². The Balaban J connectivity index is 1.30. The number of nitrogens with one attached hydrogen (secondary N) is 2. The van der Waals surface area contributed by atoms with E-state index in [0.29, 0.717) is 36.5 Å². The Kier molecular flexibility index (Phi) is 14.8. The van der Waals surface area contributed by atoms with E-state index in [-0.39, 0.29) is 56.3 Å². The fraction of sp³-hybridized carbons (Fsp3) is 0.513. The number of carbonyl (C=O) groups excluding carboxylic acids is 4. The second-order valence-corrected chi connectivity index (χ2v) is 16.1. The SMILES string of the molecule is Cc1ncsc1-c1ccc([C@H](C)NC(=O)[C@@H]2C[C@@H](O)CN2C(=O)[C@@H](NC(=O)CCCCc2cccc(OC[C@H](N)CCC(N)=O)c2Cl)C(C)(C)C)cc1. The lowest BCUT2D eigenvalue weighted by Gasteiger charge is -2.35. The van der Waals surface area contributed by atoms with Crippen molar-refractivity contribution >= 4 is 46.6 Å². The van der Waals surface area contributed by atoms with Crippen LogP contribution in [-0.2, 0) is 25.6 Å². The maximum Gasteiger partial charge on any atom is 0.246 e. The van der Waals surface area contributed by atoms with Crippen molar-refractivity contribution in [2.75, 3.05) is 13.2 Å². The molecule has 1 fully saturated rings. The van der Waals surface area contributed by atoms with Crippen LogP contribution in [0.4, 0.5) is 0 Å². The van der Waals surface area contributed by atoms with Crippen LogP contribution in [0.2, 0.25) is 5.02 Å². The molecule has 14 heteroatoms. The Morgan fingerprint density at radius 1 is 1.09 bits per heavy atom. The molecule has 4 amide bonds. The summed E-state index contributed by atoms with van der Waals surface area (Å²) in [5, 5.41) is 17.0. The van der Waals surface area contributed by atoms with Crippen LogP contribution in [0.15, 0.2) is 48.0 Å². The molecule has 1 aliphatic heterocycles. The fourth-order valence-electron chi connectivity index (χ4n) is 6.32. The summed E-state index contributed by atoms with van der Waals surface area (Å²) >= 11 is 8.17. The predicted molar refractivity (Wildman–Crippen MR) is 207 cm³/mol. The van der Waals surface area contributed by atoms with E-state index < -0.39 is 35.4 Å². The molecule has 0 bridgehead atoms. The minimum absolute atomic E-state index is 0.000499. The Morgan fingerprint density at radius 3 is 2.45 bits per heavy atom. The molecule has 0 radical (unpaired) electrons. The summed E-state index contributed by atoms with van der Waals surface area (Å²) < 4.78 is 5.79. The number of hydrogen-bond acceptors (Lipinski definition) is 9. The number of unbranched alkanes of at least 4 members (excludes halogenated alkanes) is 1. The fourth-order valence-corrected chi connectivity index (χ4v) is 7.40. The number of thiazole rings is 1. The molecule has 3 aromatic rings. The first-order valence-electron chi connectivity index (χ1n) is 18.1. The smallest absolute Gasteiger partial charge is 0.246 e. The maximum absolute atomic E-state index is 14.0. The number of carbonyl (C=O) groups is 4. The predicted octanol–water partition coefficient (Wildman–Crippen LogP) is 4.83. The van der Waals surface area contributed by atoms with Gasteiger partial charge in [-0.25, -0.2) is 4.98 Å². The molecule has 288 valence electrons. The molecule has 4 rings (SSSR count). The van der Waals surface area contributed by atoms with E-state index in [1.165, 1.54) is 4.90 Å². The first-order valence-corrected chi connectivity index (χ1v) is 19.3. The third-order valence-electron chi connectivity index (χ3n) is 9.42. The van der Waals surface area contributed by atoms with E-state index in [4.69, 9.17) is 27.8 Å². The van der Waals surface area contributed by atoms with Crippen LogP contribution in [-0.4, -0.2) is 76.0 Å². The highest BCUT2D eigenvalue weighted by Gasteiger charge is 2.44. The van der Waals surface area contributed by atoms with Gasteiger partial charge in [0.05, 0.1) is 33.3 Å². The van der Waals surface area contributed by atoms with Gasteiger partial charge >= 0.3 is 0 Å². The number of hydrogen-bond donors (Lipinski definition) is 5. The summed E-state index contributed by atoms with van der Waals surface area (Å²) in [6, 6.07) is 10.9. The zero-order chi connectivity index (χ0) is 38.9. The minimum Gasteiger partial charge on any atom is -0.490 e. The first-order chi connectivity index (χ1) is 25.0. The Bertz CT molecular complexity index is 1730. The van der Waals surface area contributed by atoms with E-state index in [0.717, 1.165) is 27.3 Å². The molecule has 1 aliphatic rings. The van der Waals surface area contributed by atoms with Crippen molar-refractivity contribution in [3.8, 4) is 16.2 Å². The molecular formula is C39H53ClN6O6S. The second-order valence-electron chi connectivity index (χ2n) is 14.9. The standard InChI is InChI=1S/C39H53ClN6O6S/c1-23(25-13-15-27(16-14-25)35-24(2)43-22-53-35)44-37(50)30-19-29(47)20-46(30)38(51)36(39(3,4)5)45-33(49)12-7-6-9-26-10-8-11-31(34(26)40)52-21-28(41)17-18-32(42)48/h8,10-11,13-16,22-23,28-30,36,47H,6-7,9,12,17-21,41H2,1-5H3,(H2,42,48)(H,44,50)(H,45,49)/t23-,28+,29+,30-,36+/m0/s1. The van der Waals surface area contributed by atoms with Crippen LogP contribution in [0.1, 0.15) is 89.1 Å². The number of ether oxygens (including phenoxy) is 1. The van der Waals surface area contributed by atoms with Crippen molar-refractivity contribution < 1.29 is 29.0 Å². The van der Waals surface area contributed by atoms with E-state index in [9.17, 15) is 24.3 Å². The molecular weight excluding hydrogens is 716 g/mol. The molecule has 0 unspecified atom stereocenters. The van der Waals surface area contributed by atoms with Gasteiger partial charge in [-0.15, -0.1) is 11.3 Å². The van der Waals surface area contributed by atoms with E-state index in [1.54, 1.807) is 17.4 Å². The highest BCUT2D eigenvalue weighted by Crippen LogP contribution is 2.31. The van der Waals surface area contributed by atoms with Crippen molar-refractivity contribution in [2.24, 2.45) is 16.9 Å². The maximum atomic E-state index is 14.0. The molecule has 12 nitrogen and oxygen atoms in total. The Labute approximate surface area is 321 Å².